The van der Waals surface area contributed by atoms with Crippen LogP contribution in [0.15, 0.2) is 18.3 Å². The first kappa shape index (κ1) is 10.7. The largest absolute Gasteiger partial charge is 0.309 e. The maximum atomic E-state index is 4.68. The second-order valence-corrected chi connectivity index (χ2v) is 5.01. The van der Waals surface area contributed by atoms with Crippen LogP contribution in [0.4, 0.5) is 0 Å². The lowest BCUT2D eigenvalue weighted by molar-refractivity contribution is 0.551. The molecule has 1 aliphatic carbocycles. The molecule has 3 rings (SSSR count). The lowest BCUT2D eigenvalue weighted by Crippen LogP contribution is -2.24. The van der Waals surface area contributed by atoms with Crippen LogP contribution in [0.1, 0.15) is 38.6 Å². The molecule has 2 aromatic heterocycles. The summed E-state index contributed by atoms with van der Waals surface area (Å²) in [5, 5.41) is 3.43. The molecule has 0 saturated heterocycles. The Hall–Kier alpha value is -1.42. The van der Waals surface area contributed by atoms with Crippen LogP contribution in [-0.2, 0) is 6.54 Å². The molecule has 2 aromatic rings. The van der Waals surface area contributed by atoms with E-state index in [1.54, 1.807) is 0 Å². The second-order valence-electron chi connectivity index (χ2n) is 5.01. The summed E-state index contributed by atoms with van der Waals surface area (Å²) in [6, 6.07) is 5.10. The predicted octanol–water partition coefficient (Wildman–Crippen LogP) is 2.26. The standard InChI is InChI=1S/C13H18N4/c1-9(2)15-8-12-16-11-4-3-7-14-13(11)17(12)10-5-6-10/h3-4,7,9-10,15H,5-6,8H2,1-2H3. The van der Waals surface area contributed by atoms with Crippen molar-refractivity contribution in [2.45, 2.75) is 45.3 Å². The van der Waals surface area contributed by atoms with Crippen LogP contribution >= 0.6 is 0 Å². The molecule has 0 atom stereocenters. The summed E-state index contributed by atoms with van der Waals surface area (Å²) >= 11 is 0. The Morgan fingerprint density at radius 2 is 2.29 bits per heavy atom. The first-order chi connectivity index (χ1) is 8.25. The molecule has 1 saturated carbocycles. The Labute approximate surface area is 101 Å². The van der Waals surface area contributed by atoms with E-state index < -0.39 is 0 Å². The van der Waals surface area contributed by atoms with Crippen LogP contribution in [0.5, 0.6) is 0 Å². The van der Waals surface area contributed by atoms with Crippen molar-refractivity contribution in [3.63, 3.8) is 0 Å². The van der Waals surface area contributed by atoms with Gasteiger partial charge in [-0.3, -0.25) is 0 Å². The van der Waals surface area contributed by atoms with Gasteiger partial charge < -0.3 is 9.88 Å². The van der Waals surface area contributed by atoms with E-state index in [0.29, 0.717) is 12.1 Å². The van der Waals surface area contributed by atoms with Crippen LogP contribution in [0.2, 0.25) is 0 Å². The lowest BCUT2D eigenvalue weighted by Gasteiger charge is -2.10. The summed E-state index contributed by atoms with van der Waals surface area (Å²) in [6.07, 6.45) is 4.37. The van der Waals surface area contributed by atoms with Crippen molar-refractivity contribution < 1.29 is 0 Å². The number of pyridine rings is 1. The van der Waals surface area contributed by atoms with Gasteiger partial charge in [0.1, 0.15) is 11.3 Å². The molecule has 1 fully saturated rings. The van der Waals surface area contributed by atoms with Gasteiger partial charge in [0.25, 0.3) is 0 Å². The van der Waals surface area contributed by atoms with Crippen molar-refractivity contribution in [1.29, 1.82) is 0 Å². The van der Waals surface area contributed by atoms with E-state index in [0.717, 1.165) is 23.5 Å². The van der Waals surface area contributed by atoms with Gasteiger partial charge in [-0.2, -0.15) is 0 Å². The predicted molar refractivity (Wildman–Crippen MR) is 67.8 cm³/mol. The average molecular weight is 230 g/mol. The number of hydrogen-bond donors (Lipinski definition) is 1. The fraction of sp³-hybridized carbons (Fsp3) is 0.538. The van der Waals surface area contributed by atoms with Gasteiger partial charge in [0.2, 0.25) is 0 Å². The number of aromatic nitrogens is 3. The van der Waals surface area contributed by atoms with Crippen molar-refractivity contribution in [2.75, 3.05) is 0 Å². The maximum Gasteiger partial charge on any atom is 0.160 e. The highest BCUT2D eigenvalue weighted by molar-refractivity contribution is 5.71. The minimum atomic E-state index is 0.482. The fourth-order valence-corrected chi connectivity index (χ4v) is 2.11. The zero-order valence-corrected chi connectivity index (χ0v) is 10.3. The summed E-state index contributed by atoms with van der Waals surface area (Å²) in [6.45, 7) is 5.13. The third-order valence-corrected chi connectivity index (χ3v) is 3.10. The summed E-state index contributed by atoms with van der Waals surface area (Å²) in [5.74, 6) is 1.12. The highest BCUT2D eigenvalue weighted by Crippen LogP contribution is 2.38. The zero-order chi connectivity index (χ0) is 11.8. The first-order valence-electron chi connectivity index (χ1n) is 6.31. The van der Waals surface area contributed by atoms with Gasteiger partial charge >= 0.3 is 0 Å². The van der Waals surface area contributed by atoms with E-state index in [2.05, 4.69) is 33.7 Å². The molecule has 0 aromatic carbocycles. The molecule has 4 heteroatoms. The molecule has 0 spiro atoms. The molecule has 1 N–H and O–H groups in total. The molecule has 0 unspecified atom stereocenters. The second kappa shape index (κ2) is 4.11. The van der Waals surface area contributed by atoms with Gasteiger partial charge in [-0.25, -0.2) is 9.97 Å². The van der Waals surface area contributed by atoms with E-state index in [9.17, 15) is 0 Å². The van der Waals surface area contributed by atoms with Gasteiger partial charge in [0, 0.05) is 18.3 Å². The van der Waals surface area contributed by atoms with Crippen molar-refractivity contribution >= 4 is 11.2 Å². The Morgan fingerprint density at radius 3 is 3.00 bits per heavy atom. The van der Waals surface area contributed by atoms with E-state index in [-0.39, 0.29) is 0 Å². The number of nitrogens with zero attached hydrogens (tertiary/aromatic N) is 3. The Kier molecular flexibility index (Phi) is 2.59. The van der Waals surface area contributed by atoms with E-state index in [4.69, 9.17) is 0 Å². The van der Waals surface area contributed by atoms with Gasteiger partial charge in [-0.1, -0.05) is 13.8 Å². The summed E-state index contributed by atoms with van der Waals surface area (Å²) in [4.78, 5) is 9.15. The third-order valence-electron chi connectivity index (χ3n) is 3.10. The molecule has 0 bridgehead atoms. The molecule has 4 nitrogen and oxygen atoms in total. The molecule has 0 radical (unpaired) electrons. The van der Waals surface area contributed by atoms with Crippen LogP contribution in [0.3, 0.4) is 0 Å². The quantitative estimate of drug-likeness (QED) is 0.876. The molecule has 17 heavy (non-hydrogen) atoms. The van der Waals surface area contributed by atoms with E-state index in [1.165, 1.54) is 12.8 Å². The highest BCUT2D eigenvalue weighted by atomic mass is 15.2. The number of nitrogens with one attached hydrogen (secondary N) is 1. The number of imidazole rings is 1. The lowest BCUT2D eigenvalue weighted by atomic mass is 10.4. The topological polar surface area (TPSA) is 42.7 Å². The zero-order valence-electron chi connectivity index (χ0n) is 10.3. The number of fused-ring (bicyclic) bond motifs is 1. The number of rotatable bonds is 4. The Morgan fingerprint density at radius 1 is 1.47 bits per heavy atom. The molecular formula is C13H18N4. The van der Waals surface area contributed by atoms with Crippen molar-refractivity contribution in [3.05, 3.63) is 24.2 Å². The molecular weight excluding hydrogens is 212 g/mol. The summed E-state index contributed by atoms with van der Waals surface area (Å²) in [5.41, 5.74) is 2.05. The first-order valence-corrected chi connectivity index (χ1v) is 6.31. The summed E-state index contributed by atoms with van der Waals surface area (Å²) in [7, 11) is 0. The van der Waals surface area contributed by atoms with Gasteiger partial charge in [-0.15, -0.1) is 0 Å². The minimum Gasteiger partial charge on any atom is -0.309 e. The average Bonchev–Trinajstić information content (AvgIpc) is 3.07. The van der Waals surface area contributed by atoms with E-state index in [1.807, 2.05) is 18.3 Å². The van der Waals surface area contributed by atoms with Gasteiger partial charge in [-0.05, 0) is 25.0 Å². The van der Waals surface area contributed by atoms with Crippen LogP contribution in [0.25, 0.3) is 11.2 Å². The normalized spacial score (nSPS) is 15.9. The van der Waals surface area contributed by atoms with Crippen LogP contribution < -0.4 is 5.32 Å². The van der Waals surface area contributed by atoms with Gasteiger partial charge in [0.15, 0.2) is 5.65 Å². The van der Waals surface area contributed by atoms with Crippen molar-refractivity contribution in [1.82, 2.24) is 19.9 Å². The smallest absolute Gasteiger partial charge is 0.160 e. The van der Waals surface area contributed by atoms with E-state index >= 15 is 0 Å². The molecule has 90 valence electrons. The molecule has 2 heterocycles. The highest BCUT2D eigenvalue weighted by Gasteiger charge is 2.28. The maximum absolute atomic E-state index is 4.68. The van der Waals surface area contributed by atoms with Crippen molar-refractivity contribution in [2.24, 2.45) is 0 Å². The molecule has 1 aliphatic rings. The van der Waals surface area contributed by atoms with Crippen molar-refractivity contribution in [3.8, 4) is 0 Å². The third kappa shape index (κ3) is 2.05. The Bertz CT molecular complexity index is 525. The Balaban J connectivity index is 2.00. The number of hydrogen-bond acceptors (Lipinski definition) is 3. The molecule has 0 amide bonds. The minimum absolute atomic E-state index is 0.482. The van der Waals surface area contributed by atoms with Crippen LogP contribution in [-0.4, -0.2) is 20.6 Å². The fourth-order valence-electron chi connectivity index (χ4n) is 2.11. The SMILES string of the molecule is CC(C)NCc1nc2cccnc2n1C1CC1. The monoisotopic (exact) mass is 230 g/mol. The van der Waals surface area contributed by atoms with Gasteiger partial charge in [0.05, 0.1) is 6.54 Å². The van der Waals surface area contributed by atoms with Crippen LogP contribution in [0, 0.1) is 0 Å². The summed E-state index contributed by atoms with van der Waals surface area (Å²) < 4.78 is 2.31. The molecule has 0 aliphatic heterocycles.